The van der Waals surface area contributed by atoms with Gasteiger partial charge in [-0.25, -0.2) is 4.98 Å². The second kappa shape index (κ2) is 9.07. The normalized spacial score (nSPS) is 14.1. The second-order valence-corrected chi connectivity index (χ2v) is 9.20. The van der Waals surface area contributed by atoms with Crippen LogP contribution in [0.4, 0.5) is 0 Å². The number of aromatic nitrogens is 2. The molecule has 0 bridgehead atoms. The van der Waals surface area contributed by atoms with E-state index in [0.717, 1.165) is 35.0 Å². The zero-order valence-corrected chi connectivity index (χ0v) is 18.0. The van der Waals surface area contributed by atoms with Gasteiger partial charge in [-0.1, -0.05) is 11.8 Å². The van der Waals surface area contributed by atoms with E-state index in [4.69, 9.17) is 15.0 Å². The van der Waals surface area contributed by atoms with Gasteiger partial charge in [0.2, 0.25) is 5.91 Å². The van der Waals surface area contributed by atoms with Crippen molar-refractivity contribution in [2.75, 3.05) is 27.3 Å². The Bertz CT molecular complexity index is 976. The van der Waals surface area contributed by atoms with Crippen LogP contribution in [0.2, 0.25) is 0 Å². The fourth-order valence-electron chi connectivity index (χ4n) is 3.37. The maximum atomic E-state index is 13.2. The van der Waals surface area contributed by atoms with Crippen molar-refractivity contribution in [1.29, 1.82) is 5.26 Å². The minimum absolute atomic E-state index is 0.0403. The number of aryl methyl sites for hydroxylation is 2. The summed E-state index contributed by atoms with van der Waals surface area (Å²) in [6, 6.07) is 2.05. The van der Waals surface area contributed by atoms with Gasteiger partial charge in [-0.05, 0) is 31.7 Å². The molecule has 7 nitrogen and oxygen atoms in total. The molecule has 0 spiro atoms. The Labute approximate surface area is 172 Å². The highest BCUT2D eigenvalue weighted by atomic mass is 32.2. The molecule has 9 heteroatoms. The van der Waals surface area contributed by atoms with Crippen LogP contribution in [0.3, 0.4) is 0 Å². The van der Waals surface area contributed by atoms with Crippen molar-refractivity contribution < 1.29 is 9.53 Å². The number of nitriles is 1. The number of thiophene rings is 1. The molecule has 1 aliphatic carbocycles. The van der Waals surface area contributed by atoms with Gasteiger partial charge in [-0.2, -0.15) is 5.26 Å². The minimum atomic E-state index is -0.409. The van der Waals surface area contributed by atoms with E-state index in [0.29, 0.717) is 31.3 Å². The molecular formula is C19H24N4O3S2. The molecule has 1 aliphatic rings. The maximum Gasteiger partial charge on any atom is 0.263 e. The topological polar surface area (TPSA) is 88.2 Å². The SMILES string of the molecule is COCCn1c(S[C@H](C)C(=O)N(C)CCC#N)nc2sc3c(c2c1=O)CCC3. The average molecular weight is 421 g/mol. The van der Waals surface area contributed by atoms with Gasteiger partial charge >= 0.3 is 0 Å². The molecule has 0 saturated heterocycles. The van der Waals surface area contributed by atoms with Crippen molar-refractivity contribution in [3.63, 3.8) is 0 Å². The molecule has 0 unspecified atom stereocenters. The highest BCUT2D eigenvalue weighted by Gasteiger charge is 2.26. The summed E-state index contributed by atoms with van der Waals surface area (Å²) >= 11 is 2.89. The fourth-order valence-corrected chi connectivity index (χ4v) is 5.73. The molecule has 28 heavy (non-hydrogen) atoms. The number of fused-ring (bicyclic) bond motifs is 3. The van der Waals surface area contributed by atoms with Crippen LogP contribution >= 0.6 is 23.1 Å². The molecule has 0 aliphatic heterocycles. The molecule has 1 amide bonds. The van der Waals surface area contributed by atoms with E-state index in [1.807, 2.05) is 6.07 Å². The van der Waals surface area contributed by atoms with Gasteiger partial charge in [0, 0.05) is 25.6 Å². The Morgan fingerprint density at radius 1 is 1.50 bits per heavy atom. The van der Waals surface area contributed by atoms with Gasteiger partial charge in [-0.3, -0.25) is 14.2 Å². The van der Waals surface area contributed by atoms with E-state index < -0.39 is 5.25 Å². The van der Waals surface area contributed by atoms with Crippen LogP contribution in [-0.2, 0) is 28.9 Å². The van der Waals surface area contributed by atoms with Crippen LogP contribution < -0.4 is 5.56 Å². The number of hydrogen-bond donors (Lipinski definition) is 0. The molecule has 150 valence electrons. The number of ether oxygens (including phenoxy) is 1. The molecule has 0 saturated carbocycles. The lowest BCUT2D eigenvalue weighted by Crippen LogP contribution is -2.34. The number of amides is 1. The van der Waals surface area contributed by atoms with E-state index in [-0.39, 0.29) is 11.5 Å². The summed E-state index contributed by atoms with van der Waals surface area (Å²) in [5, 5.41) is 9.59. The largest absolute Gasteiger partial charge is 0.383 e. The highest BCUT2D eigenvalue weighted by molar-refractivity contribution is 8.00. The van der Waals surface area contributed by atoms with Crippen LogP contribution in [0, 0.1) is 11.3 Å². The first kappa shape index (κ1) is 20.8. The summed E-state index contributed by atoms with van der Waals surface area (Å²) in [4.78, 5) is 34.2. The van der Waals surface area contributed by atoms with Gasteiger partial charge in [0.05, 0.1) is 36.3 Å². The van der Waals surface area contributed by atoms with Crippen molar-refractivity contribution in [3.05, 3.63) is 20.8 Å². The first-order valence-electron chi connectivity index (χ1n) is 9.30. The van der Waals surface area contributed by atoms with Gasteiger partial charge in [0.15, 0.2) is 5.16 Å². The average Bonchev–Trinajstić information content (AvgIpc) is 3.25. The quantitative estimate of drug-likeness (QED) is 0.481. The third kappa shape index (κ3) is 4.09. The van der Waals surface area contributed by atoms with Crippen molar-refractivity contribution in [1.82, 2.24) is 14.5 Å². The number of thioether (sulfide) groups is 1. The lowest BCUT2D eigenvalue weighted by Gasteiger charge is -2.21. The number of carbonyl (C=O) groups excluding carboxylic acids is 1. The number of hydrogen-bond acceptors (Lipinski definition) is 7. The van der Waals surface area contributed by atoms with Crippen molar-refractivity contribution in [3.8, 4) is 6.07 Å². The zero-order chi connectivity index (χ0) is 20.3. The van der Waals surface area contributed by atoms with Crippen LogP contribution in [0.5, 0.6) is 0 Å². The molecule has 2 aromatic rings. The lowest BCUT2D eigenvalue weighted by molar-refractivity contribution is -0.128. The second-order valence-electron chi connectivity index (χ2n) is 6.81. The number of carbonyl (C=O) groups is 1. The summed E-state index contributed by atoms with van der Waals surface area (Å²) in [5.41, 5.74) is 1.11. The summed E-state index contributed by atoms with van der Waals surface area (Å²) in [6.07, 6.45) is 3.32. The fraction of sp³-hybridized carbons (Fsp3) is 0.579. The van der Waals surface area contributed by atoms with Gasteiger partial charge < -0.3 is 9.64 Å². The summed E-state index contributed by atoms with van der Waals surface area (Å²) in [7, 11) is 3.29. The van der Waals surface area contributed by atoms with Crippen LogP contribution in [0.15, 0.2) is 9.95 Å². The van der Waals surface area contributed by atoms with E-state index >= 15 is 0 Å². The highest BCUT2D eigenvalue weighted by Crippen LogP contribution is 2.36. The Hall–Kier alpha value is -1.89. The van der Waals surface area contributed by atoms with E-state index in [2.05, 4.69) is 0 Å². The molecule has 0 radical (unpaired) electrons. The van der Waals surface area contributed by atoms with Crippen molar-refractivity contribution >= 4 is 39.2 Å². The predicted octanol–water partition coefficient (Wildman–Crippen LogP) is 2.45. The Balaban J connectivity index is 1.94. The molecule has 3 rings (SSSR count). The number of nitrogens with zero attached hydrogens (tertiary/aromatic N) is 4. The van der Waals surface area contributed by atoms with Crippen molar-refractivity contribution in [2.24, 2.45) is 0 Å². The van der Waals surface area contributed by atoms with Gasteiger partial charge in [0.25, 0.3) is 5.56 Å². The smallest absolute Gasteiger partial charge is 0.263 e. The summed E-state index contributed by atoms with van der Waals surface area (Å²) < 4.78 is 6.82. The third-order valence-corrected chi connectivity index (χ3v) is 7.14. The lowest BCUT2D eigenvalue weighted by atomic mass is 10.2. The molecule has 2 aromatic heterocycles. The minimum Gasteiger partial charge on any atom is -0.383 e. The maximum absolute atomic E-state index is 13.2. The van der Waals surface area contributed by atoms with Crippen LogP contribution in [0.1, 0.15) is 30.2 Å². The van der Waals surface area contributed by atoms with Gasteiger partial charge in [-0.15, -0.1) is 11.3 Å². The number of rotatable bonds is 8. The molecule has 0 aromatic carbocycles. The van der Waals surface area contributed by atoms with Crippen LogP contribution in [-0.4, -0.2) is 52.9 Å². The van der Waals surface area contributed by atoms with E-state index in [9.17, 15) is 9.59 Å². The molecular weight excluding hydrogens is 396 g/mol. The Kier molecular flexibility index (Phi) is 6.75. The Morgan fingerprint density at radius 3 is 3.00 bits per heavy atom. The van der Waals surface area contributed by atoms with E-state index in [1.165, 1.54) is 16.6 Å². The Morgan fingerprint density at radius 2 is 2.29 bits per heavy atom. The third-order valence-electron chi connectivity index (χ3n) is 4.87. The first-order chi connectivity index (χ1) is 13.5. The first-order valence-corrected chi connectivity index (χ1v) is 11.0. The molecule has 0 N–H and O–H groups in total. The molecule has 1 atom stereocenters. The predicted molar refractivity (Wildman–Crippen MR) is 111 cm³/mol. The van der Waals surface area contributed by atoms with Crippen LogP contribution in [0.25, 0.3) is 10.2 Å². The monoisotopic (exact) mass is 420 g/mol. The molecule has 2 heterocycles. The zero-order valence-electron chi connectivity index (χ0n) is 16.4. The van der Waals surface area contributed by atoms with E-state index in [1.54, 1.807) is 41.9 Å². The van der Waals surface area contributed by atoms with Gasteiger partial charge in [0.1, 0.15) is 4.83 Å². The summed E-state index contributed by atoms with van der Waals surface area (Å²) in [6.45, 7) is 3.00. The summed E-state index contributed by atoms with van der Waals surface area (Å²) in [5.74, 6) is -0.0819. The molecule has 0 fully saturated rings. The van der Waals surface area contributed by atoms with Crippen molar-refractivity contribution in [2.45, 2.75) is 49.6 Å². The number of methoxy groups -OCH3 is 1. The standard InChI is InChI=1S/C19H24N4O3S2/c1-12(17(24)22(2)9-5-8-20)27-19-21-16-15(13-6-4-7-14(13)28-16)18(25)23(19)10-11-26-3/h12H,4-7,9-11H2,1-3H3/t12-/m1/s1.